The molecule has 0 saturated heterocycles. The zero-order valence-corrected chi connectivity index (χ0v) is 13.5. The summed E-state index contributed by atoms with van der Waals surface area (Å²) in [4.78, 5) is 0. The van der Waals surface area contributed by atoms with E-state index in [0.29, 0.717) is 30.3 Å². The molecule has 2 rings (SSSR count). The van der Waals surface area contributed by atoms with Gasteiger partial charge in [-0.2, -0.15) is 0 Å². The molecule has 2 aromatic carbocycles. The summed E-state index contributed by atoms with van der Waals surface area (Å²) < 4.78 is 25.3. The van der Waals surface area contributed by atoms with E-state index in [1.165, 1.54) is 6.07 Å². The molecule has 2 aromatic rings. The van der Waals surface area contributed by atoms with Crippen molar-refractivity contribution in [1.82, 2.24) is 0 Å². The topological polar surface area (TPSA) is 30.5 Å². The molecule has 3 nitrogen and oxygen atoms in total. The molecule has 1 N–H and O–H groups in total. The van der Waals surface area contributed by atoms with Gasteiger partial charge in [0.25, 0.3) is 0 Å². The fourth-order valence-corrected chi connectivity index (χ4v) is 2.29. The Morgan fingerprint density at radius 3 is 2.67 bits per heavy atom. The second-order valence-corrected chi connectivity index (χ2v) is 5.31. The van der Waals surface area contributed by atoms with Crippen molar-refractivity contribution in [2.24, 2.45) is 0 Å². The molecule has 5 heteroatoms. The van der Waals surface area contributed by atoms with Crippen molar-refractivity contribution in [1.29, 1.82) is 0 Å². The smallest absolute Gasteiger partial charge is 0.161 e. The van der Waals surface area contributed by atoms with Crippen molar-refractivity contribution < 1.29 is 13.9 Å². The number of benzene rings is 2. The molecular weight excluding hydrogens is 337 g/mol. The summed E-state index contributed by atoms with van der Waals surface area (Å²) in [7, 11) is 1.60. The molecule has 0 atom stereocenters. The Morgan fingerprint density at radius 1 is 1.14 bits per heavy atom. The van der Waals surface area contributed by atoms with Crippen molar-refractivity contribution in [3.05, 3.63) is 52.3 Å². The lowest BCUT2D eigenvalue weighted by molar-refractivity contribution is 0.310. The fraction of sp³-hybridized carbons (Fsp3) is 0.250. The molecule has 0 spiro atoms. The molecule has 21 heavy (non-hydrogen) atoms. The SMILES string of the molecule is CCOc1cc(CNc2cc(Br)ccc2F)ccc1OC. The van der Waals surface area contributed by atoms with Gasteiger partial charge in [0, 0.05) is 11.0 Å². The molecule has 0 unspecified atom stereocenters. The van der Waals surface area contributed by atoms with Gasteiger partial charge in [0.05, 0.1) is 19.4 Å². The van der Waals surface area contributed by atoms with E-state index < -0.39 is 0 Å². The molecule has 0 saturated carbocycles. The lowest BCUT2D eigenvalue weighted by Gasteiger charge is -2.12. The van der Waals surface area contributed by atoms with Crippen LogP contribution in [-0.4, -0.2) is 13.7 Å². The van der Waals surface area contributed by atoms with Crippen LogP contribution in [0.5, 0.6) is 11.5 Å². The average Bonchev–Trinajstić information content (AvgIpc) is 2.49. The van der Waals surface area contributed by atoms with Gasteiger partial charge in [-0.1, -0.05) is 22.0 Å². The first-order chi connectivity index (χ1) is 10.1. The largest absolute Gasteiger partial charge is 0.493 e. The van der Waals surface area contributed by atoms with Crippen LogP contribution in [0.4, 0.5) is 10.1 Å². The summed E-state index contributed by atoms with van der Waals surface area (Å²) in [6.45, 7) is 2.98. The van der Waals surface area contributed by atoms with Gasteiger partial charge < -0.3 is 14.8 Å². The quantitative estimate of drug-likeness (QED) is 0.822. The zero-order valence-electron chi connectivity index (χ0n) is 12.0. The second-order valence-electron chi connectivity index (χ2n) is 4.40. The Balaban J connectivity index is 2.12. The first-order valence-electron chi connectivity index (χ1n) is 6.62. The van der Waals surface area contributed by atoms with Crippen LogP contribution >= 0.6 is 15.9 Å². The highest BCUT2D eigenvalue weighted by molar-refractivity contribution is 9.10. The average molecular weight is 354 g/mol. The van der Waals surface area contributed by atoms with Crippen LogP contribution in [-0.2, 0) is 6.54 Å². The van der Waals surface area contributed by atoms with Crippen LogP contribution in [0.3, 0.4) is 0 Å². The summed E-state index contributed by atoms with van der Waals surface area (Å²) in [6.07, 6.45) is 0. The van der Waals surface area contributed by atoms with Crippen LogP contribution in [0.2, 0.25) is 0 Å². The molecule has 0 bridgehead atoms. The third-order valence-electron chi connectivity index (χ3n) is 2.94. The number of methoxy groups -OCH3 is 1. The molecule has 0 aromatic heterocycles. The Labute approximate surface area is 132 Å². The van der Waals surface area contributed by atoms with Gasteiger partial charge in [-0.05, 0) is 42.8 Å². The van der Waals surface area contributed by atoms with Crippen molar-refractivity contribution in [2.75, 3.05) is 19.0 Å². The van der Waals surface area contributed by atoms with E-state index in [1.54, 1.807) is 19.2 Å². The maximum Gasteiger partial charge on any atom is 0.161 e. The first kappa shape index (κ1) is 15.6. The minimum absolute atomic E-state index is 0.281. The van der Waals surface area contributed by atoms with E-state index >= 15 is 0 Å². The number of halogens is 2. The van der Waals surface area contributed by atoms with Gasteiger partial charge in [-0.25, -0.2) is 4.39 Å². The Hall–Kier alpha value is -1.75. The third kappa shape index (κ3) is 4.11. The Morgan fingerprint density at radius 2 is 1.95 bits per heavy atom. The number of hydrogen-bond acceptors (Lipinski definition) is 3. The van der Waals surface area contributed by atoms with Crippen LogP contribution in [0.25, 0.3) is 0 Å². The van der Waals surface area contributed by atoms with Crippen molar-refractivity contribution in [3.63, 3.8) is 0 Å². The first-order valence-corrected chi connectivity index (χ1v) is 7.42. The molecule has 0 aliphatic rings. The number of rotatable bonds is 6. The number of nitrogens with one attached hydrogen (secondary N) is 1. The summed E-state index contributed by atoms with van der Waals surface area (Å²) in [6, 6.07) is 10.5. The molecule has 112 valence electrons. The van der Waals surface area contributed by atoms with Gasteiger partial charge in [-0.15, -0.1) is 0 Å². The van der Waals surface area contributed by atoms with Crippen LogP contribution < -0.4 is 14.8 Å². The second kappa shape index (κ2) is 7.31. The number of hydrogen-bond donors (Lipinski definition) is 1. The number of anilines is 1. The Bertz CT molecular complexity index is 619. The van der Waals surface area contributed by atoms with Crippen LogP contribution in [0.15, 0.2) is 40.9 Å². The maximum atomic E-state index is 13.7. The highest BCUT2D eigenvalue weighted by atomic mass is 79.9. The zero-order chi connectivity index (χ0) is 15.2. The van der Waals surface area contributed by atoms with Crippen molar-refractivity contribution in [2.45, 2.75) is 13.5 Å². The van der Waals surface area contributed by atoms with Gasteiger partial charge >= 0.3 is 0 Å². The van der Waals surface area contributed by atoms with E-state index in [1.807, 2.05) is 25.1 Å². The third-order valence-corrected chi connectivity index (χ3v) is 3.43. The van der Waals surface area contributed by atoms with Crippen molar-refractivity contribution in [3.8, 4) is 11.5 Å². The number of ether oxygens (including phenoxy) is 2. The van der Waals surface area contributed by atoms with E-state index in [4.69, 9.17) is 9.47 Å². The minimum Gasteiger partial charge on any atom is -0.493 e. The summed E-state index contributed by atoms with van der Waals surface area (Å²) in [5, 5.41) is 3.08. The van der Waals surface area contributed by atoms with Gasteiger partial charge in [0.15, 0.2) is 11.5 Å². The molecule has 0 radical (unpaired) electrons. The lowest BCUT2D eigenvalue weighted by atomic mass is 10.2. The predicted molar refractivity (Wildman–Crippen MR) is 85.6 cm³/mol. The van der Waals surface area contributed by atoms with Gasteiger partial charge in [0.2, 0.25) is 0 Å². The molecule has 0 heterocycles. The fourth-order valence-electron chi connectivity index (χ4n) is 1.93. The lowest BCUT2D eigenvalue weighted by Crippen LogP contribution is -2.03. The predicted octanol–water partition coefficient (Wildman–Crippen LogP) is 4.61. The minimum atomic E-state index is -0.281. The van der Waals surface area contributed by atoms with Crippen molar-refractivity contribution >= 4 is 21.6 Å². The molecular formula is C16H17BrFNO2. The monoisotopic (exact) mass is 353 g/mol. The summed E-state index contributed by atoms with van der Waals surface area (Å²) in [5.41, 5.74) is 1.44. The summed E-state index contributed by atoms with van der Waals surface area (Å²) in [5.74, 6) is 1.10. The molecule has 0 aliphatic carbocycles. The van der Waals surface area contributed by atoms with E-state index in [2.05, 4.69) is 21.2 Å². The summed E-state index contributed by atoms with van der Waals surface area (Å²) >= 11 is 3.33. The van der Waals surface area contributed by atoms with Crippen LogP contribution in [0.1, 0.15) is 12.5 Å². The molecule has 0 amide bonds. The molecule has 0 aliphatic heterocycles. The molecule has 0 fully saturated rings. The standard InChI is InChI=1S/C16H17BrFNO2/c1-3-21-16-8-11(4-7-15(16)20-2)10-19-14-9-12(17)5-6-13(14)18/h4-9,19H,3,10H2,1-2H3. The van der Waals surface area contributed by atoms with Gasteiger partial charge in [-0.3, -0.25) is 0 Å². The van der Waals surface area contributed by atoms with E-state index in [0.717, 1.165) is 10.0 Å². The maximum absolute atomic E-state index is 13.7. The highest BCUT2D eigenvalue weighted by Crippen LogP contribution is 2.28. The van der Waals surface area contributed by atoms with Gasteiger partial charge in [0.1, 0.15) is 5.82 Å². The Kier molecular flexibility index (Phi) is 5.44. The van der Waals surface area contributed by atoms with Crippen LogP contribution in [0, 0.1) is 5.82 Å². The van der Waals surface area contributed by atoms with E-state index in [9.17, 15) is 4.39 Å². The van der Waals surface area contributed by atoms with E-state index in [-0.39, 0.29) is 5.82 Å². The highest BCUT2D eigenvalue weighted by Gasteiger charge is 2.07. The normalized spacial score (nSPS) is 10.3.